The van der Waals surface area contributed by atoms with Gasteiger partial charge < -0.3 is 9.64 Å². The summed E-state index contributed by atoms with van der Waals surface area (Å²) in [4.78, 5) is 14.4. The van der Waals surface area contributed by atoms with Crippen LogP contribution < -0.4 is 4.74 Å². The number of hydrogen-bond donors (Lipinski definition) is 0. The second-order valence-electron chi connectivity index (χ2n) is 6.13. The first kappa shape index (κ1) is 20.6. The average molecular weight is 394 g/mol. The Balaban J connectivity index is 2.06. The molecule has 1 amide bonds. The van der Waals surface area contributed by atoms with Gasteiger partial charge in [0.05, 0.1) is 6.61 Å². The Hall–Kier alpha value is -1.71. The Labute approximate surface area is 165 Å². The molecule has 0 aliphatic heterocycles. The maximum absolute atomic E-state index is 12.5. The van der Waals surface area contributed by atoms with E-state index in [0.29, 0.717) is 42.6 Å². The van der Waals surface area contributed by atoms with Crippen molar-refractivity contribution < 1.29 is 9.53 Å². The van der Waals surface area contributed by atoms with Crippen molar-refractivity contribution in [1.82, 2.24) is 4.90 Å². The zero-order valence-corrected chi connectivity index (χ0v) is 16.8. The Morgan fingerprint density at radius 2 is 1.81 bits per heavy atom. The summed E-state index contributed by atoms with van der Waals surface area (Å²) in [7, 11) is 0. The van der Waals surface area contributed by atoms with Crippen molar-refractivity contribution in [2.45, 2.75) is 39.7 Å². The number of halogens is 2. The molecule has 140 valence electrons. The Bertz CT molecular complexity index is 716. The van der Waals surface area contributed by atoms with Gasteiger partial charge in [0.15, 0.2) is 0 Å². The molecule has 0 atom stereocenters. The van der Waals surface area contributed by atoms with E-state index < -0.39 is 0 Å². The highest BCUT2D eigenvalue weighted by atomic mass is 35.5. The van der Waals surface area contributed by atoms with E-state index in [1.54, 1.807) is 6.07 Å². The van der Waals surface area contributed by atoms with E-state index >= 15 is 0 Å². The van der Waals surface area contributed by atoms with Gasteiger partial charge in [0.1, 0.15) is 5.75 Å². The molecule has 0 N–H and O–H groups in total. The number of hydrogen-bond acceptors (Lipinski definition) is 2. The van der Waals surface area contributed by atoms with Crippen LogP contribution >= 0.6 is 23.2 Å². The summed E-state index contributed by atoms with van der Waals surface area (Å²) in [6.07, 6.45) is 2.08. The molecule has 2 rings (SSSR count). The Morgan fingerprint density at radius 3 is 2.42 bits per heavy atom. The van der Waals surface area contributed by atoms with Gasteiger partial charge in [-0.25, -0.2) is 0 Å². The molecule has 0 unspecified atom stereocenters. The normalized spacial score (nSPS) is 10.6. The van der Waals surface area contributed by atoms with Crippen molar-refractivity contribution >= 4 is 29.1 Å². The van der Waals surface area contributed by atoms with Crippen LogP contribution in [0.1, 0.15) is 37.8 Å². The molecule has 5 heteroatoms. The van der Waals surface area contributed by atoms with Gasteiger partial charge in [0.2, 0.25) is 5.91 Å². The van der Waals surface area contributed by atoms with Crippen molar-refractivity contribution in [3.8, 4) is 5.75 Å². The molecule has 0 saturated heterocycles. The minimum absolute atomic E-state index is 0.159. The third kappa shape index (κ3) is 6.22. The van der Waals surface area contributed by atoms with Crippen LogP contribution in [0, 0.1) is 0 Å². The largest absolute Gasteiger partial charge is 0.494 e. The summed E-state index contributed by atoms with van der Waals surface area (Å²) in [5.41, 5.74) is 2.08. The molecular formula is C21H25Cl2NO2. The zero-order chi connectivity index (χ0) is 18.9. The lowest BCUT2D eigenvalue weighted by Crippen LogP contribution is -2.32. The summed E-state index contributed by atoms with van der Waals surface area (Å²) in [5.74, 6) is 1.00. The lowest BCUT2D eigenvalue weighted by atomic mass is 10.1. The molecule has 0 aromatic heterocycles. The Morgan fingerprint density at radius 1 is 1.08 bits per heavy atom. The highest BCUT2D eigenvalue weighted by Crippen LogP contribution is 2.22. The van der Waals surface area contributed by atoms with E-state index in [2.05, 4.69) is 0 Å². The molecule has 0 bridgehead atoms. The van der Waals surface area contributed by atoms with E-state index in [9.17, 15) is 4.79 Å². The predicted octanol–water partition coefficient (Wildman–Crippen LogP) is 5.76. The van der Waals surface area contributed by atoms with Crippen LogP contribution in [-0.4, -0.2) is 24.0 Å². The standard InChI is InChI=1S/C21H25Cl2NO2/c1-3-5-21(25)24(13-12-17-8-9-18(22)14-20(17)23)15-16-6-10-19(11-7-16)26-4-2/h6-11,14H,3-5,12-13,15H2,1-2H3. The van der Waals surface area contributed by atoms with Gasteiger partial charge in [-0.15, -0.1) is 0 Å². The van der Waals surface area contributed by atoms with E-state index in [0.717, 1.165) is 23.3 Å². The van der Waals surface area contributed by atoms with E-state index in [1.807, 2.05) is 55.1 Å². The maximum atomic E-state index is 12.5. The zero-order valence-electron chi connectivity index (χ0n) is 15.3. The van der Waals surface area contributed by atoms with Crippen molar-refractivity contribution in [3.05, 3.63) is 63.6 Å². The molecular weight excluding hydrogens is 369 g/mol. The van der Waals surface area contributed by atoms with Crippen LogP contribution in [0.2, 0.25) is 10.0 Å². The van der Waals surface area contributed by atoms with Crippen molar-refractivity contribution in [1.29, 1.82) is 0 Å². The summed E-state index contributed by atoms with van der Waals surface area (Å²) in [6, 6.07) is 13.4. The van der Waals surface area contributed by atoms with Crippen molar-refractivity contribution in [3.63, 3.8) is 0 Å². The molecule has 0 radical (unpaired) electrons. The number of amides is 1. The van der Waals surface area contributed by atoms with E-state index in [-0.39, 0.29) is 5.91 Å². The second kappa shape index (κ2) is 10.4. The minimum atomic E-state index is 0.159. The monoisotopic (exact) mass is 393 g/mol. The van der Waals surface area contributed by atoms with Gasteiger partial charge in [0.25, 0.3) is 0 Å². The van der Waals surface area contributed by atoms with E-state index in [1.165, 1.54) is 0 Å². The highest BCUT2D eigenvalue weighted by Gasteiger charge is 2.14. The molecule has 26 heavy (non-hydrogen) atoms. The molecule has 2 aromatic carbocycles. The van der Waals surface area contributed by atoms with Crippen LogP contribution in [0.5, 0.6) is 5.75 Å². The molecule has 3 nitrogen and oxygen atoms in total. The first-order chi connectivity index (χ1) is 12.5. The average Bonchev–Trinajstić information content (AvgIpc) is 2.61. The third-order valence-corrected chi connectivity index (χ3v) is 4.68. The fraction of sp³-hybridized carbons (Fsp3) is 0.381. The number of ether oxygens (including phenoxy) is 1. The number of carbonyl (C=O) groups is 1. The lowest BCUT2D eigenvalue weighted by Gasteiger charge is -2.23. The van der Waals surface area contributed by atoms with Crippen LogP contribution in [0.3, 0.4) is 0 Å². The SMILES string of the molecule is CCCC(=O)N(CCc1ccc(Cl)cc1Cl)Cc1ccc(OCC)cc1. The number of nitrogens with zero attached hydrogens (tertiary/aromatic N) is 1. The molecule has 0 aliphatic rings. The maximum Gasteiger partial charge on any atom is 0.222 e. The molecule has 0 aliphatic carbocycles. The van der Waals surface area contributed by atoms with Crippen LogP contribution in [0.4, 0.5) is 0 Å². The number of carbonyl (C=O) groups excluding carboxylic acids is 1. The fourth-order valence-electron chi connectivity index (χ4n) is 2.72. The minimum Gasteiger partial charge on any atom is -0.494 e. The quantitative estimate of drug-likeness (QED) is 0.541. The summed E-state index contributed by atoms with van der Waals surface area (Å²) in [6.45, 7) is 5.82. The summed E-state index contributed by atoms with van der Waals surface area (Å²) in [5, 5.41) is 1.26. The van der Waals surface area contributed by atoms with Gasteiger partial charge >= 0.3 is 0 Å². The fourth-order valence-corrected chi connectivity index (χ4v) is 3.22. The molecule has 0 heterocycles. The van der Waals surface area contributed by atoms with Gasteiger partial charge in [0, 0.05) is 29.6 Å². The third-order valence-electron chi connectivity index (χ3n) is 4.09. The van der Waals surface area contributed by atoms with Gasteiger partial charge in [-0.1, -0.05) is 48.3 Å². The highest BCUT2D eigenvalue weighted by molar-refractivity contribution is 6.35. The smallest absolute Gasteiger partial charge is 0.222 e. The van der Waals surface area contributed by atoms with Gasteiger partial charge in [-0.3, -0.25) is 4.79 Å². The summed E-state index contributed by atoms with van der Waals surface area (Å²) < 4.78 is 5.47. The van der Waals surface area contributed by atoms with Gasteiger partial charge in [-0.2, -0.15) is 0 Å². The molecule has 2 aromatic rings. The lowest BCUT2D eigenvalue weighted by molar-refractivity contribution is -0.131. The topological polar surface area (TPSA) is 29.5 Å². The molecule has 0 spiro atoms. The number of benzene rings is 2. The first-order valence-electron chi connectivity index (χ1n) is 8.97. The van der Waals surface area contributed by atoms with Crippen molar-refractivity contribution in [2.75, 3.05) is 13.2 Å². The summed E-state index contributed by atoms with van der Waals surface area (Å²) >= 11 is 12.2. The van der Waals surface area contributed by atoms with Gasteiger partial charge in [-0.05, 0) is 55.2 Å². The van der Waals surface area contributed by atoms with Crippen LogP contribution in [-0.2, 0) is 17.8 Å². The van der Waals surface area contributed by atoms with E-state index in [4.69, 9.17) is 27.9 Å². The van der Waals surface area contributed by atoms with Crippen molar-refractivity contribution in [2.24, 2.45) is 0 Å². The second-order valence-corrected chi connectivity index (χ2v) is 6.97. The Kier molecular flexibility index (Phi) is 8.27. The predicted molar refractivity (Wildman–Crippen MR) is 108 cm³/mol. The number of rotatable bonds is 9. The van der Waals surface area contributed by atoms with Crippen LogP contribution in [0.25, 0.3) is 0 Å². The first-order valence-corrected chi connectivity index (χ1v) is 9.72. The molecule has 0 fully saturated rings. The van der Waals surface area contributed by atoms with Crippen LogP contribution in [0.15, 0.2) is 42.5 Å². The molecule has 0 saturated carbocycles.